The van der Waals surface area contributed by atoms with Crippen LogP contribution in [0.3, 0.4) is 0 Å². The summed E-state index contributed by atoms with van der Waals surface area (Å²) >= 11 is 5.65. The quantitative estimate of drug-likeness (QED) is 0.751. The molecule has 0 aliphatic carbocycles. The Morgan fingerprint density at radius 1 is 1.38 bits per heavy atom. The van der Waals surface area contributed by atoms with E-state index in [2.05, 4.69) is 5.32 Å². The Morgan fingerprint density at radius 2 is 2.06 bits per heavy atom. The Bertz CT molecular complexity index is 444. The molecular weight excluding hydrogens is 243 g/mol. The summed E-state index contributed by atoms with van der Waals surface area (Å²) in [4.78, 5) is 11.1. The first kappa shape index (κ1) is 11.3. The molecule has 2 rings (SSSR count). The van der Waals surface area contributed by atoms with E-state index in [1.54, 1.807) is 0 Å². The fourth-order valence-corrected chi connectivity index (χ4v) is 1.90. The minimum absolute atomic E-state index is 0.0662. The van der Waals surface area contributed by atoms with E-state index in [4.69, 9.17) is 11.6 Å². The molecule has 0 bridgehead atoms. The van der Waals surface area contributed by atoms with Crippen LogP contribution in [0, 0.1) is 0 Å². The molecule has 2 nitrogen and oxygen atoms in total. The van der Waals surface area contributed by atoms with Crippen molar-refractivity contribution in [3.8, 4) is 0 Å². The van der Waals surface area contributed by atoms with E-state index in [0.29, 0.717) is 5.02 Å². The van der Waals surface area contributed by atoms with E-state index in [1.165, 1.54) is 18.2 Å². The van der Waals surface area contributed by atoms with Gasteiger partial charge in [0.15, 0.2) is 0 Å². The number of anilines is 1. The first-order valence-electron chi connectivity index (χ1n) is 4.54. The molecule has 1 aliphatic heterocycles. The van der Waals surface area contributed by atoms with E-state index in [0.717, 1.165) is 0 Å². The third kappa shape index (κ3) is 2.00. The highest BCUT2D eigenvalue weighted by Gasteiger charge is 2.45. The van der Waals surface area contributed by atoms with Crippen molar-refractivity contribution in [1.29, 1.82) is 0 Å². The fourth-order valence-electron chi connectivity index (χ4n) is 1.73. The van der Waals surface area contributed by atoms with Gasteiger partial charge >= 0.3 is 6.18 Å². The van der Waals surface area contributed by atoms with Crippen LogP contribution in [0.2, 0.25) is 5.02 Å². The average molecular weight is 250 g/mol. The summed E-state index contributed by atoms with van der Waals surface area (Å²) in [6, 6.07) is 4.01. The monoisotopic (exact) mass is 249 g/mol. The smallest absolute Gasteiger partial charge is 0.326 e. The number of hydrogen-bond acceptors (Lipinski definition) is 1. The molecule has 1 aromatic carbocycles. The largest absolute Gasteiger partial charge is 0.396 e. The molecule has 1 atom stereocenters. The van der Waals surface area contributed by atoms with Crippen LogP contribution >= 0.6 is 11.6 Å². The average Bonchev–Trinajstić information content (AvgIpc) is 2.14. The second-order valence-electron chi connectivity index (χ2n) is 3.58. The number of nitrogens with one attached hydrogen (secondary N) is 1. The van der Waals surface area contributed by atoms with Crippen molar-refractivity contribution < 1.29 is 18.0 Å². The predicted molar refractivity (Wildman–Crippen MR) is 53.5 cm³/mol. The summed E-state index contributed by atoms with van der Waals surface area (Å²) in [5.74, 6) is -2.38. The summed E-state index contributed by atoms with van der Waals surface area (Å²) in [7, 11) is 0. The van der Waals surface area contributed by atoms with Crippen molar-refractivity contribution in [1.82, 2.24) is 0 Å². The Balaban J connectivity index is 2.50. The van der Waals surface area contributed by atoms with Crippen LogP contribution in [0.1, 0.15) is 17.9 Å². The number of amides is 1. The van der Waals surface area contributed by atoms with Gasteiger partial charge in [0.25, 0.3) is 0 Å². The van der Waals surface area contributed by atoms with Gasteiger partial charge in [0.05, 0.1) is 5.92 Å². The van der Waals surface area contributed by atoms with E-state index >= 15 is 0 Å². The number of hydrogen-bond donors (Lipinski definition) is 1. The third-order valence-corrected chi connectivity index (χ3v) is 2.68. The van der Waals surface area contributed by atoms with Crippen molar-refractivity contribution >= 4 is 23.2 Å². The number of rotatable bonds is 0. The number of fused-ring (bicyclic) bond motifs is 1. The molecule has 0 radical (unpaired) electrons. The summed E-state index contributed by atoms with van der Waals surface area (Å²) in [5.41, 5.74) is 0.211. The minimum atomic E-state index is -4.42. The molecule has 0 saturated heterocycles. The number of carbonyl (C=O) groups excluding carboxylic acids is 1. The van der Waals surface area contributed by atoms with E-state index in [1.807, 2.05) is 0 Å². The second kappa shape index (κ2) is 3.66. The zero-order chi connectivity index (χ0) is 11.9. The molecule has 6 heteroatoms. The molecule has 1 amide bonds. The number of alkyl halides is 3. The standard InChI is InChI=1S/C10H7ClF3NO/c11-5-1-2-6-7(10(12,13)14)4-9(16)15-8(6)3-5/h1-3,7H,4H2,(H,15,16). The van der Waals surface area contributed by atoms with Crippen LogP contribution in [0.25, 0.3) is 0 Å². The van der Waals surface area contributed by atoms with Gasteiger partial charge in [0.1, 0.15) is 0 Å². The molecule has 1 aromatic rings. The van der Waals surface area contributed by atoms with Gasteiger partial charge in [-0.2, -0.15) is 13.2 Å². The maximum absolute atomic E-state index is 12.7. The summed E-state index contributed by atoms with van der Waals surface area (Å²) < 4.78 is 38.0. The van der Waals surface area contributed by atoms with E-state index in [-0.39, 0.29) is 11.3 Å². The van der Waals surface area contributed by atoms with E-state index < -0.39 is 24.4 Å². The minimum Gasteiger partial charge on any atom is -0.326 e. The van der Waals surface area contributed by atoms with Crippen LogP contribution in [-0.2, 0) is 4.79 Å². The summed E-state index contributed by atoms with van der Waals surface area (Å²) in [6.07, 6.45) is -4.99. The predicted octanol–water partition coefficient (Wildman–Crippen LogP) is 3.33. The normalized spacial score (nSPS) is 20.2. The molecule has 1 heterocycles. The molecule has 0 aromatic heterocycles. The van der Waals surface area contributed by atoms with Gasteiger partial charge in [-0.1, -0.05) is 17.7 Å². The molecular formula is C10H7ClF3NO. The summed E-state index contributed by atoms with van der Waals surface area (Å²) in [5, 5.41) is 2.67. The van der Waals surface area contributed by atoms with Crippen LogP contribution in [0.4, 0.5) is 18.9 Å². The van der Waals surface area contributed by atoms with Crippen LogP contribution < -0.4 is 5.32 Å². The Labute approximate surface area is 94.4 Å². The molecule has 1 aliphatic rings. The molecule has 86 valence electrons. The highest BCUT2D eigenvalue weighted by molar-refractivity contribution is 6.31. The van der Waals surface area contributed by atoms with Crippen molar-refractivity contribution in [2.75, 3.05) is 5.32 Å². The van der Waals surface area contributed by atoms with Gasteiger partial charge in [0, 0.05) is 17.1 Å². The lowest BCUT2D eigenvalue weighted by molar-refractivity contribution is -0.156. The Hall–Kier alpha value is -1.23. The lowest BCUT2D eigenvalue weighted by Gasteiger charge is -2.27. The van der Waals surface area contributed by atoms with Crippen LogP contribution in [0.5, 0.6) is 0 Å². The van der Waals surface area contributed by atoms with Crippen molar-refractivity contribution in [3.63, 3.8) is 0 Å². The summed E-state index contributed by atoms with van der Waals surface area (Å²) in [6.45, 7) is 0. The number of carbonyl (C=O) groups is 1. The Kier molecular flexibility index (Phi) is 2.58. The Morgan fingerprint density at radius 3 is 2.69 bits per heavy atom. The molecule has 0 saturated carbocycles. The molecule has 1 N–H and O–H groups in total. The van der Waals surface area contributed by atoms with Gasteiger partial charge in [-0.3, -0.25) is 4.79 Å². The number of benzene rings is 1. The first-order valence-corrected chi connectivity index (χ1v) is 4.92. The van der Waals surface area contributed by atoms with Crippen molar-refractivity contribution in [2.45, 2.75) is 18.5 Å². The molecule has 0 fully saturated rings. The SMILES string of the molecule is O=C1CC(C(F)(F)F)c2ccc(Cl)cc2N1. The van der Waals surface area contributed by atoms with Gasteiger partial charge in [-0.15, -0.1) is 0 Å². The maximum Gasteiger partial charge on any atom is 0.396 e. The first-order chi connectivity index (χ1) is 7.38. The zero-order valence-electron chi connectivity index (χ0n) is 7.94. The zero-order valence-corrected chi connectivity index (χ0v) is 8.69. The molecule has 1 unspecified atom stereocenters. The third-order valence-electron chi connectivity index (χ3n) is 2.45. The highest BCUT2D eigenvalue weighted by Crippen LogP contribution is 2.43. The topological polar surface area (TPSA) is 29.1 Å². The fraction of sp³-hybridized carbons (Fsp3) is 0.300. The van der Waals surface area contributed by atoms with Gasteiger partial charge in [-0.25, -0.2) is 0 Å². The molecule has 0 spiro atoms. The van der Waals surface area contributed by atoms with Crippen molar-refractivity contribution in [2.24, 2.45) is 0 Å². The maximum atomic E-state index is 12.7. The van der Waals surface area contributed by atoms with Crippen molar-refractivity contribution in [3.05, 3.63) is 28.8 Å². The lowest BCUT2D eigenvalue weighted by atomic mass is 9.90. The van der Waals surface area contributed by atoms with E-state index in [9.17, 15) is 18.0 Å². The molecule has 16 heavy (non-hydrogen) atoms. The number of halogens is 4. The van der Waals surface area contributed by atoms with Gasteiger partial charge < -0.3 is 5.32 Å². The van der Waals surface area contributed by atoms with Gasteiger partial charge in [0.2, 0.25) is 5.91 Å². The van der Waals surface area contributed by atoms with Crippen LogP contribution in [0.15, 0.2) is 18.2 Å². The second-order valence-corrected chi connectivity index (χ2v) is 4.01. The highest BCUT2D eigenvalue weighted by atomic mass is 35.5. The van der Waals surface area contributed by atoms with Gasteiger partial charge in [-0.05, 0) is 17.7 Å². The van der Waals surface area contributed by atoms with Crippen LogP contribution in [-0.4, -0.2) is 12.1 Å². The lowest BCUT2D eigenvalue weighted by Crippen LogP contribution is -2.31.